The molecule has 3 aromatic rings. The summed E-state index contributed by atoms with van der Waals surface area (Å²) < 4.78 is 4.66. The van der Waals surface area contributed by atoms with Gasteiger partial charge in [-0.1, -0.05) is 30.3 Å². The molecule has 2 heterocycles. The zero-order valence-corrected chi connectivity index (χ0v) is 13.9. The summed E-state index contributed by atoms with van der Waals surface area (Å²) in [4.78, 5) is 13.0. The predicted molar refractivity (Wildman–Crippen MR) is 93.8 cm³/mol. The Morgan fingerprint density at radius 2 is 2.12 bits per heavy atom. The fraction of sp³-hybridized carbons (Fsp3) is 0.294. The Balaban J connectivity index is 1.76. The number of nitrogens with one attached hydrogen (secondary N) is 1. The van der Waals surface area contributed by atoms with Crippen molar-refractivity contribution in [1.82, 2.24) is 10.5 Å². The van der Waals surface area contributed by atoms with Crippen LogP contribution in [-0.4, -0.2) is 35.8 Å². The maximum Gasteiger partial charge on any atom is 0.327 e. The quantitative estimate of drug-likeness (QED) is 0.427. The molecule has 4 rings (SSSR count). The van der Waals surface area contributed by atoms with Crippen molar-refractivity contribution < 1.29 is 14.5 Å². The first-order valence-corrected chi connectivity index (χ1v) is 8.33. The van der Waals surface area contributed by atoms with E-state index in [0.29, 0.717) is 12.2 Å². The Bertz CT molecular complexity index is 943. The standard InChI is InChI=1S/C17H17N5O4/c23-21(24)14-6-7-15(17-16(14)19-26-22(17)25)20-9-8-18-11-13(20)10-12-4-2-1-3-5-12/h1-7,13,18H,8-11H2. The second-order valence-corrected chi connectivity index (χ2v) is 6.23. The van der Waals surface area contributed by atoms with Crippen molar-refractivity contribution in [2.45, 2.75) is 12.5 Å². The average Bonchev–Trinajstić information content (AvgIpc) is 3.04. The molecule has 0 saturated carbocycles. The minimum Gasteiger partial charge on any atom is -0.362 e. The summed E-state index contributed by atoms with van der Waals surface area (Å²) in [6, 6.07) is 13.2. The van der Waals surface area contributed by atoms with E-state index in [1.165, 1.54) is 11.6 Å². The van der Waals surface area contributed by atoms with E-state index in [2.05, 4.69) is 32.1 Å². The van der Waals surface area contributed by atoms with Crippen LogP contribution in [0.5, 0.6) is 0 Å². The second kappa shape index (κ2) is 6.60. The van der Waals surface area contributed by atoms with E-state index in [-0.39, 0.29) is 27.7 Å². The Hall–Kier alpha value is -3.20. The molecule has 0 bridgehead atoms. The summed E-state index contributed by atoms with van der Waals surface area (Å²) in [6.45, 7) is 2.18. The van der Waals surface area contributed by atoms with E-state index < -0.39 is 4.92 Å². The van der Waals surface area contributed by atoms with Crippen LogP contribution in [0.2, 0.25) is 0 Å². The minimum atomic E-state index is -0.562. The number of nitro benzene ring substituents is 1. The maximum absolute atomic E-state index is 12.1. The molecule has 1 aromatic heterocycles. The third-order valence-corrected chi connectivity index (χ3v) is 4.67. The average molecular weight is 355 g/mol. The lowest BCUT2D eigenvalue weighted by molar-refractivity contribution is -0.782. The second-order valence-electron chi connectivity index (χ2n) is 6.23. The van der Waals surface area contributed by atoms with Crippen LogP contribution in [-0.2, 0) is 6.42 Å². The number of aromatic nitrogens is 2. The zero-order chi connectivity index (χ0) is 18.1. The van der Waals surface area contributed by atoms with Crippen LogP contribution in [0.15, 0.2) is 47.1 Å². The number of hydrogen-bond acceptors (Lipinski definition) is 7. The highest BCUT2D eigenvalue weighted by atomic mass is 16.8. The molecule has 0 aliphatic carbocycles. The van der Waals surface area contributed by atoms with Crippen molar-refractivity contribution in [2.24, 2.45) is 0 Å². The Morgan fingerprint density at radius 1 is 1.31 bits per heavy atom. The molecule has 26 heavy (non-hydrogen) atoms. The summed E-state index contributed by atoms with van der Waals surface area (Å²) in [6.07, 6.45) is 0.788. The molecule has 9 nitrogen and oxygen atoms in total. The molecule has 9 heteroatoms. The first kappa shape index (κ1) is 16.3. The number of anilines is 1. The first-order valence-electron chi connectivity index (χ1n) is 8.33. The maximum atomic E-state index is 12.1. The van der Waals surface area contributed by atoms with Gasteiger partial charge in [0.2, 0.25) is 0 Å². The lowest BCUT2D eigenvalue weighted by Gasteiger charge is -2.37. The molecule has 1 atom stereocenters. The summed E-state index contributed by atoms with van der Waals surface area (Å²) >= 11 is 0. The van der Waals surface area contributed by atoms with Crippen LogP contribution in [0.1, 0.15) is 5.56 Å². The normalized spacial score (nSPS) is 17.5. The third kappa shape index (κ3) is 2.82. The lowest BCUT2D eigenvalue weighted by atomic mass is 10.0. The number of nitrogens with zero attached hydrogens (tertiary/aromatic N) is 4. The van der Waals surface area contributed by atoms with Gasteiger partial charge < -0.3 is 15.4 Å². The van der Waals surface area contributed by atoms with Crippen LogP contribution >= 0.6 is 0 Å². The summed E-state index contributed by atoms with van der Waals surface area (Å²) in [5.74, 6) is 0. The van der Waals surface area contributed by atoms with E-state index in [1.807, 2.05) is 18.2 Å². The van der Waals surface area contributed by atoms with Gasteiger partial charge in [-0.2, -0.15) is 0 Å². The molecular formula is C17H17N5O4. The SMILES string of the molecule is O=[N+]([O-])c1ccc(N2CCNCC2Cc2ccccc2)c2c1no[n+]2[O-]. The highest BCUT2D eigenvalue weighted by molar-refractivity contribution is 5.92. The predicted octanol–water partition coefficient (Wildman–Crippen LogP) is 1.39. The molecule has 1 unspecified atom stereocenters. The van der Waals surface area contributed by atoms with Crippen LogP contribution in [0, 0.1) is 15.3 Å². The summed E-state index contributed by atoms with van der Waals surface area (Å²) in [5, 5.41) is 30.3. The van der Waals surface area contributed by atoms with E-state index in [1.54, 1.807) is 6.07 Å². The smallest absolute Gasteiger partial charge is 0.327 e. The number of benzene rings is 2. The number of nitro groups is 1. The highest BCUT2D eigenvalue weighted by Gasteiger charge is 2.32. The third-order valence-electron chi connectivity index (χ3n) is 4.67. The van der Waals surface area contributed by atoms with Crippen molar-refractivity contribution >= 4 is 22.4 Å². The zero-order valence-electron chi connectivity index (χ0n) is 13.9. The molecule has 2 aromatic carbocycles. The van der Waals surface area contributed by atoms with Crippen LogP contribution in [0.3, 0.4) is 0 Å². The fourth-order valence-electron chi connectivity index (χ4n) is 3.47. The molecule has 1 saturated heterocycles. The Kier molecular flexibility index (Phi) is 4.13. The lowest BCUT2D eigenvalue weighted by Crippen LogP contribution is -2.52. The van der Waals surface area contributed by atoms with E-state index in [4.69, 9.17) is 0 Å². The van der Waals surface area contributed by atoms with Crippen molar-refractivity contribution in [1.29, 1.82) is 0 Å². The molecular weight excluding hydrogens is 338 g/mol. The van der Waals surface area contributed by atoms with Crippen LogP contribution in [0.4, 0.5) is 11.4 Å². The van der Waals surface area contributed by atoms with E-state index in [0.717, 1.165) is 19.5 Å². The van der Waals surface area contributed by atoms with Gasteiger partial charge in [0, 0.05) is 31.7 Å². The first-order chi connectivity index (χ1) is 12.6. The van der Waals surface area contributed by atoms with Crippen molar-refractivity contribution in [2.75, 3.05) is 24.5 Å². The Labute approximate surface area is 148 Å². The van der Waals surface area contributed by atoms with Crippen LogP contribution < -0.4 is 15.1 Å². The minimum absolute atomic E-state index is 0.0282. The van der Waals surface area contributed by atoms with Gasteiger partial charge in [-0.05, 0) is 23.0 Å². The number of fused-ring (bicyclic) bond motifs is 1. The van der Waals surface area contributed by atoms with Gasteiger partial charge in [0.25, 0.3) is 5.52 Å². The number of piperazine rings is 1. The van der Waals surface area contributed by atoms with E-state index >= 15 is 0 Å². The van der Waals surface area contributed by atoms with Crippen LogP contribution in [0.25, 0.3) is 11.0 Å². The number of non-ortho nitro benzene ring substituents is 1. The topological polar surface area (TPSA) is 111 Å². The van der Waals surface area contributed by atoms with Gasteiger partial charge in [-0.15, -0.1) is 0 Å². The van der Waals surface area contributed by atoms with Gasteiger partial charge in [0.15, 0.2) is 0 Å². The summed E-state index contributed by atoms with van der Waals surface area (Å²) in [7, 11) is 0. The molecule has 1 aliphatic heterocycles. The van der Waals surface area contributed by atoms with Gasteiger partial charge in [0.05, 0.1) is 15.8 Å². The van der Waals surface area contributed by atoms with Crippen molar-refractivity contribution in [3.63, 3.8) is 0 Å². The Morgan fingerprint density at radius 3 is 2.88 bits per heavy atom. The largest absolute Gasteiger partial charge is 0.362 e. The molecule has 1 fully saturated rings. The summed E-state index contributed by atoms with van der Waals surface area (Å²) in [5.41, 5.74) is 1.62. The molecule has 1 aliphatic rings. The molecule has 0 amide bonds. The van der Waals surface area contributed by atoms with Gasteiger partial charge in [-0.25, -0.2) is 0 Å². The molecule has 0 radical (unpaired) electrons. The number of rotatable bonds is 4. The molecule has 1 N–H and O–H groups in total. The van der Waals surface area contributed by atoms with E-state index in [9.17, 15) is 15.3 Å². The van der Waals surface area contributed by atoms with Gasteiger partial charge in [-0.3, -0.25) is 14.7 Å². The number of hydrogen-bond donors (Lipinski definition) is 1. The van der Waals surface area contributed by atoms with Crippen molar-refractivity contribution in [3.05, 3.63) is 63.3 Å². The highest BCUT2D eigenvalue weighted by Crippen LogP contribution is 2.32. The molecule has 0 spiro atoms. The van der Waals surface area contributed by atoms with Gasteiger partial charge in [0.1, 0.15) is 0 Å². The van der Waals surface area contributed by atoms with Crippen molar-refractivity contribution in [3.8, 4) is 0 Å². The van der Waals surface area contributed by atoms with Gasteiger partial charge >= 0.3 is 11.2 Å². The molecule has 134 valence electrons. The fourth-order valence-corrected chi connectivity index (χ4v) is 3.47. The monoisotopic (exact) mass is 355 g/mol.